The van der Waals surface area contributed by atoms with E-state index in [0.717, 1.165) is 0 Å². The predicted octanol–water partition coefficient (Wildman–Crippen LogP) is -0.703. The normalized spacial score (nSPS) is 11.5. The molecule has 0 aliphatic heterocycles. The zero-order chi connectivity index (χ0) is 14.5. The van der Waals surface area contributed by atoms with Crippen LogP contribution in [0, 0.1) is 0 Å². The highest BCUT2D eigenvalue weighted by molar-refractivity contribution is 5.82. The number of rotatable bonds is 11. The first-order valence-corrected chi connectivity index (χ1v) is 5.55. The number of methoxy groups -OCH3 is 2. The van der Waals surface area contributed by atoms with Gasteiger partial charge in [0.2, 0.25) is 6.10 Å². The average molecular weight is 278 g/mol. The third-order valence-corrected chi connectivity index (χ3v) is 1.92. The molecule has 8 heteroatoms. The Morgan fingerprint density at radius 1 is 1.00 bits per heavy atom. The largest absolute Gasteiger partial charge is 0.463 e. The molecule has 0 saturated carbocycles. The molecule has 0 saturated heterocycles. The summed E-state index contributed by atoms with van der Waals surface area (Å²) in [5.74, 6) is -1.51. The molecule has 8 nitrogen and oxygen atoms in total. The lowest BCUT2D eigenvalue weighted by Crippen LogP contribution is -2.30. The lowest BCUT2D eigenvalue weighted by molar-refractivity contribution is -0.167. The van der Waals surface area contributed by atoms with Crippen molar-refractivity contribution in [3.63, 3.8) is 0 Å². The Labute approximate surface area is 110 Å². The number of hydrogen-bond donors (Lipinski definition) is 0. The quantitative estimate of drug-likeness (QED) is 0.212. The van der Waals surface area contributed by atoms with Crippen molar-refractivity contribution < 1.29 is 38.1 Å². The van der Waals surface area contributed by atoms with Crippen LogP contribution in [0.2, 0.25) is 0 Å². The molecule has 0 aromatic carbocycles. The average Bonchev–Trinajstić information content (AvgIpc) is 2.38. The second-order valence-electron chi connectivity index (χ2n) is 3.30. The summed E-state index contributed by atoms with van der Waals surface area (Å²) in [4.78, 5) is 33.1. The van der Waals surface area contributed by atoms with Crippen LogP contribution in [0.5, 0.6) is 0 Å². The van der Waals surface area contributed by atoms with E-state index in [4.69, 9.17) is 9.47 Å². The van der Waals surface area contributed by atoms with E-state index >= 15 is 0 Å². The van der Waals surface area contributed by atoms with Crippen LogP contribution in [0.15, 0.2) is 0 Å². The summed E-state index contributed by atoms with van der Waals surface area (Å²) < 4.78 is 23.3. The molecule has 0 aliphatic carbocycles. The van der Waals surface area contributed by atoms with Crippen molar-refractivity contribution in [1.82, 2.24) is 0 Å². The minimum absolute atomic E-state index is 0.00672. The molecule has 0 bridgehead atoms. The molecule has 19 heavy (non-hydrogen) atoms. The van der Waals surface area contributed by atoms with Gasteiger partial charge in [0.1, 0.15) is 13.2 Å². The number of carbonyl (C=O) groups is 3. The number of esters is 2. The van der Waals surface area contributed by atoms with Gasteiger partial charge >= 0.3 is 11.9 Å². The molecule has 0 aromatic heterocycles. The lowest BCUT2D eigenvalue weighted by atomic mass is 10.2. The molecule has 0 aromatic rings. The second kappa shape index (κ2) is 11.4. The fraction of sp³-hybridized carbons (Fsp3) is 0.727. The highest BCUT2D eigenvalue weighted by Crippen LogP contribution is 2.03. The summed E-state index contributed by atoms with van der Waals surface area (Å²) in [5.41, 5.74) is 0. The van der Waals surface area contributed by atoms with Crippen LogP contribution in [-0.4, -0.2) is 65.2 Å². The molecule has 0 rings (SSSR count). The molecule has 1 unspecified atom stereocenters. The van der Waals surface area contributed by atoms with Gasteiger partial charge in [0, 0.05) is 14.2 Å². The summed E-state index contributed by atoms with van der Waals surface area (Å²) in [6.45, 7) is 0.584. The first-order valence-electron chi connectivity index (χ1n) is 5.55. The molecule has 0 fully saturated rings. The third kappa shape index (κ3) is 8.97. The van der Waals surface area contributed by atoms with Gasteiger partial charge in [-0.25, -0.2) is 4.79 Å². The highest BCUT2D eigenvalue weighted by Gasteiger charge is 2.25. The van der Waals surface area contributed by atoms with Gasteiger partial charge in [0.15, 0.2) is 0 Å². The Morgan fingerprint density at radius 2 is 1.58 bits per heavy atom. The minimum Gasteiger partial charge on any atom is -0.463 e. The Balaban J connectivity index is 4.11. The van der Waals surface area contributed by atoms with E-state index < -0.39 is 24.5 Å². The number of hydrogen-bond acceptors (Lipinski definition) is 8. The van der Waals surface area contributed by atoms with Gasteiger partial charge in [-0.05, 0) is 0 Å². The molecule has 0 heterocycles. The second-order valence-corrected chi connectivity index (χ2v) is 3.30. The number of ether oxygens (including phenoxy) is 5. The van der Waals surface area contributed by atoms with Gasteiger partial charge in [0.05, 0.1) is 19.6 Å². The molecule has 0 aliphatic rings. The van der Waals surface area contributed by atoms with Crippen LogP contribution in [0.25, 0.3) is 0 Å². The maximum atomic E-state index is 11.5. The molecule has 0 amide bonds. The van der Waals surface area contributed by atoms with Gasteiger partial charge in [-0.3, -0.25) is 9.59 Å². The van der Waals surface area contributed by atoms with Gasteiger partial charge in [0.25, 0.3) is 6.47 Å². The topological polar surface area (TPSA) is 97.4 Å². The molecule has 0 radical (unpaired) electrons. The molecule has 110 valence electrons. The van der Waals surface area contributed by atoms with Crippen molar-refractivity contribution in [1.29, 1.82) is 0 Å². The van der Waals surface area contributed by atoms with Crippen molar-refractivity contribution in [2.75, 3.05) is 40.6 Å². The molecular formula is C11H18O8. The lowest BCUT2D eigenvalue weighted by Gasteiger charge is -2.13. The number of carbonyl (C=O) groups excluding carboxylic acids is 3. The van der Waals surface area contributed by atoms with Crippen LogP contribution in [0.3, 0.4) is 0 Å². The fourth-order valence-corrected chi connectivity index (χ4v) is 1.02. The molecule has 0 N–H and O–H groups in total. The zero-order valence-corrected chi connectivity index (χ0v) is 11.0. The zero-order valence-electron chi connectivity index (χ0n) is 11.0. The van der Waals surface area contributed by atoms with E-state index in [1.807, 2.05) is 0 Å². The van der Waals surface area contributed by atoms with E-state index in [0.29, 0.717) is 0 Å². The fourth-order valence-electron chi connectivity index (χ4n) is 1.02. The standard InChI is InChI=1S/C11H18O8/c1-15-3-5-17-10(13)7-9(19-8-12)11(14)18-6-4-16-2/h8-9H,3-7H2,1-2H3. The van der Waals surface area contributed by atoms with E-state index in [-0.39, 0.29) is 32.9 Å². The van der Waals surface area contributed by atoms with Gasteiger partial charge in [-0.2, -0.15) is 0 Å². The molecule has 1 atom stereocenters. The summed E-state index contributed by atoms with van der Waals surface area (Å²) >= 11 is 0. The van der Waals surface area contributed by atoms with E-state index in [1.54, 1.807) is 0 Å². The van der Waals surface area contributed by atoms with Crippen LogP contribution >= 0.6 is 0 Å². The Hall–Kier alpha value is -1.67. The van der Waals surface area contributed by atoms with Crippen LogP contribution in [0.1, 0.15) is 6.42 Å². The van der Waals surface area contributed by atoms with Crippen molar-refractivity contribution in [2.45, 2.75) is 12.5 Å². The maximum Gasteiger partial charge on any atom is 0.348 e. The highest BCUT2D eigenvalue weighted by atomic mass is 16.6. The SMILES string of the molecule is COCCOC(=O)CC(OC=O)C(=O)OCCOC. The van der Waals surface area contributed by atoms with E-state index in [9.17, 15) is 14.4 Å². The summed E-state index contributed by atoms with van der Waals surface area (Å²) in [6.07, 6.45) is -1.72. The summed E-state index contributed by atoms with van der Waals surface area (Å²) in [5, 5.41) is 0. The Bertz CT molecular complexity index is 278. The van der Waals surface area contributed by atoms with Crippen molar-refractivity contribution in [3.05, 3.63) is 0 Å². The van der Waals surface area contributed by atoms with E-state index in [1.165, 1.54) is 14.2 Å². The minimum atomic E-state index is -1.32. The van der Waals surface area contributed by atoms with Gasteiger partial charge in [-0.1, -0.05) is 0 Å². The first-order chi connectivity index (χ1) is 9.15. The smallest absolute Gasteiger partial charge is 0.348 e. The molecular weight excluding hydrogens is 260 g/mol. The monoisotopic (exact) mass is 278 g/mol. The van der Waals surface area contributed by atoms with Crippen molar-refractivity contribution in [2.24, 2.45) is 0 Å². The van der Waals surface area contributed by atoms with Crippen LogP contribution in [0.4, 0.5) is 0 Å². The van der Waals surface area contributed by atoms with E-state index in [2.05, 4.69) is 14.2 Å². The van der Waals surface area contributed by atoms with Crippen LogP contribution in [-0.2, 0) is 38.1 Å². The van der Waals surface area contributed by atoms with Crippen molar-refractivity contribution >= 4 is 18.4 Å². The van der Waals surface area contributed by atoms with Crippen molar-refractivity contribution in [3.8, 4) is 0 Å². The first kappa shape index (κ1) is 17.3. The van der Waals surface area contributed by atoms with Crippen LogP contribution < -0.4 is 0 Å². The maximum absolute atomic E-state index is 11.5. The Kier molecular flexibility index (Phi) is 10.4. The Morgan fingerprint density at radius 3 is 2.11 bits per heavy atom. The predicted molar refractivity (Wildman–Crippen MR) is 61.2 cm³/mol. The van der Waals surface area contributed by atoms with Gasteiger partial charge < -0.3 is 23.7 Å². The molecule has 0 spiro atoms. The van der Waals surface area contributed by atoms with Gasteiger partial charge in [-0.15, -0.1) is 0 Å². The summed E-state index contributed by atoms with van der Waals surface area (Å²) in [7, 11) is 2.90. The summed E-state index contributed by atoms with van der Waals surface area (Å²) in [6, 6.07) is 0. The third-order valence-electron chi connectivity index (χ3n) is 1.92.